The maximum atomic E-state index is 13.7. The molecule has 0 aliphatic carbocycles. The van der Waals surface area contributed by atoms with Crippen LogP contribution in [0.1, 0.15) is 66.0 Å². The fraction of sp³-hybridized carbons (Fsp3) is 0.583. The molecule has 5 N–H and O–H groups in total. The number of hydrogen-bond acceptors (Lipinski definition) is 8. The van der Waals surface area contributed by atoms with E-state index in [2.05, 4.69) is 20.9 Å². The van der Waals surface area contributed by atoms with Crippen molar-refractivity contribution in [1.29, 1.82) is 0 Å². The minimum atomic E-state index is -1.13. The molecule has 46 heavy (non-hydrogen) atoms. The fourth-order valence-electron chi connectivity index (χ4n) is 5.29. The molecule has 10 nitrogen and oxygen atoms in total. The predicted octanol–water partition coefficient (Wildman–Crippen LogP) is 3.69. The standard InChI is InChI=1S/C36H56N4O6/c1-8-40(9-2)24-29(41)23-37-32(25(3)4)34(44)39-33(43)28(20-26-16-12-10-13-17-26)22-31(42)30(21-27-18-14-11-15-19-27)38-35(45)46-36(5,6)7/h10-19,25,28-32,37,41-42H,8-9,20-24H2,1-7H3,(H,38,45)(H,39,43,44)/t28-,29-,30+,31+,32?/m1/s1. The smallest absolute Gasteiger partial charge is 0.407 e. The van der Waals surface area contributed by atoms with E-state index in [1.54, 1.807) is 20.8 Å². The molecule has 0 saturated heterocycles. The topological polar surface area (TPSA) is 140 Å². The third kappa shape index (κ3) is 14.4. The van der Waals surface area contributed by atoms with E-state index in [-0.39, 0.29) is 25.3 Å². The van der Waals surface area contributed by atoms with Gasteiger partial charge in [0.15, 0.2) is 0 Å². The molecule has 0 aliphatic rings. The van der Waals surface area contributed by atoms with Crippen molar-refractivity contribution in [1.82, 2.24) is 20.9 Å². The van der Waals surface area contributed by atoms with Crippen molar-refractivity contribution >= 4 is 17.9 Å². The lowest BCUT2D eigenvalue weighted by Gasteiger charge is -2.29. The van der Waals surface area contributed by atoms with Crippen LogP contribution in [-0.2, 0) is 27.2 Å². The van der Waals surface area contributed by atoms with Crippen LogP contribution in [0.2, 0.25) is 0 Å². The SMILES string of the molecule is CCN(CC)C[C@H](O)CNC(C(=O)NC(=O)[C@H](Cc1ccccc1)C[C@H](O)[C@H](Cc1ccccc1)NC(=O)OC(C)(C)C)C(C)C. The second kappa shape index (κ2) is 19.4. The van der Waals surface area contributed by atoms with Crippen molar-refractivity contribution in [2.75, 3.05) is 26.2 Å². The fourth-order valence-corrected chi connectivity index (χ4v) is 5.29. The van der Waals surface area contributed by atoms with Gasteiger partial charge in [-0.3, -0.25) is 14.9 Å². The predicted molar refractivity (Wildman–Crippen MR) is 181 cm³/mol. The van der Waals surface area contributed by atoms with Gasteiger partial charge in [-0.25, -0.2) is 4.79 Å². The average Bonchev–Trinajstić information content (AvgIpc) is 2.99. The third-order valence-electron chi connectivity index (χ3n) is 7.82. The number of benzene rings is 2. The summed E-state index contributed by atoms with van der Waals surface area (Å²) in [5, 5.41) is 30.6. The van der Waals surface area contributed by atoms with Gasteiger partial charge in [-0.1, -0.05) is 88.4 Å². The van der Waals surface area contributed by atoms with E-state index in [1.165, 1.54) is 0 Å². The number of aliphatic hydroxyl groups is 2. The van der Waals surface area contributed by atoms with Gasteiger partial charge in [0.25, 0.3) is 0 Å². The molecule has 2 rings (SSSR count). The lowest BCUT2D eigenvalue weighted by atomic mass is 9.88. The van der Waals surface area contributed by atoms with Gasteiger partial charge in [0.1, 0.15) is 5.60 Å². The maximum Gasteiger partial charge on any atom is 0.407 e. The molecule has 0 fully saturated rings. The molecule has 0 saturated carbocycles. The zero-order valence-corrected chi connectivity index (χ0v) is 28.7. The summed E-state index contributed by atoms with van der Waals surface area (Å²) in [4.78, 5) is 42.0. The number of amides is 3. The quantitative estimate of drug-likeness (QED) is 0.166. The van der Waals surface area contributed by atoms with Crippen LogP contribution in [0.3, 0.4) is 0 Å². The summed E-state index contributed by atoms with van der Waals surface area (Å²) in [6, 6.07) is 17.4. The lowest BCUT2D eigenvalue weighted by molar-refractivity contribution is -0.135. The largest absolute Gasteiger partial charge is 0.444 e. The first-order valence-corrected chi connectivity index (χ1v) is 16.5. The number of ether oxygens (including phenoxy) is 1. The Labute approximate surface area is 275 Å². The van der Waals surface area contributed by atoms with Crippen molar-refractivity contribution in [3.8, 4) is 0 Å². The second-order valence-corrected chi connectivity index (χ2v) is 13.3. The van der Waals surface area contributed by atoms with Crippen LogP contribution in [0.25, 0.3) is 0 Å². The zero-order valence-electron chi connectivity index (χ0n) is 28.7. The highest BCUT2D eigenvalue weighted by atomic mass is 16.6. The van der Waals surface area contributed by atoms with Gasteiger partial charge < -0.3 is 30.5 Å². The van der Waals surface area contributed by atoms with Crippen molar-refractivity contribution in [3.63, 3.8) is 0 Å². The number of carbonyl (C=O) groups is 3. The summed E-state index contributed by atoms with van der Waals surface area (Å²) in [7, 11) is 0. The molecule has 0 bridgehead atoms. The molecule has 3 amide bonds. The van der Waals surface area contributed by atoms with Crippen LogP contribution in [0.15, 0.2) is 60.7 Å². The molecule has 0 spiro atoms. The van der Waals surface area contributed by atoms with Crippen molar-refractivity contribution in [2.24, 2.45) is 11.8 Å². The Kier molecular flexibility index (Phi) is 16.4. The number of likely N-dealkylation sites (N-methyl/N-ethyl adjacent to an activating group) is 1. The number of hydrogen-bond donors (Lipinski definition) is 5. The zero-order chi connectivity index (χ0) is 34.3. The molecular formula is C36H56N4O6. The molecule has 0 aromatic heterocycles. The summed E-state index contributed by atoms with van der Waals surface area (Å²) in [5.41, 5.74) is 1.04. The molecule has 2 aromatic carbocycles. The van der Waals surface area contributed by atoms with E-state index in [0.717, 1.165) is 24.2 Å². The molecule has 1 unspecified atom stereocenters. The Balaban J connectivity index is 2.23. The summed E-state index contributed by atoms with van der Waals surface area (Å²) in [6.45, 7) is 15.4. The van der Waals surface area contributed by atoms with E-state index < -0.39 is 53.7 Å². The van der Waals surface area contributed by atoms with Crippen molar-refractivity contribution in [2.45, 2.75) is 97.6 Å². The van der Waals surface area contributed by atoms with Crippen LogP contribution >= 0.6 is 0 Å². The number of nitrogens with one attached hydrogen (secondary N) is 3. The van der Waals surface area contributed by atoms with E-state index in [4.69, 9.17) is 4.74 Å². The van der Waals surface area contributed by atoms with E-state index in [9.17, 15) is 24.6 Å². The Hall–Kier alpha value is -3.31. The van der Waals surface area contributed by atoms with Gasteiger partial charge in [-0.05, 0) is 70.2 Å². The third-order valence-corrected chi connectivity index (χ3v) is 7.82. The first-order valence-electron chi connectivity index (χ1n) is 16.5. The van der Waals surface area contributed by atoms with Gasteiger partial charge in [0.05, 0.1) is 24.3 Å². The molecule has 256 valence electrons. The lowest BCUT2D eigenvalue weighted by Crippen LogP contribution is -2.53. The minimum absolute atomic E-state index is 0.0103. The minimum Gasteiger partial charge on any atom is -0.444 e. The average molecular weight is 641 g/mol. The molecule has 2 aromatic rings. The summed E-state index contributed by atoms with van der Waals surface area (Å²) in [5.74, 6) is -1.93. The van der Waals surface area contributed by atoms with E-state index in [0.29, 0.717) is 13.0 Å². The Morgan fingerprint density at radius 1 is 0.848 bits per heavy atom. The Bertz CT molecular complexity index is 1180. The van der Waals surface area contributed by atoms with Gasteiger partial charge >= 0.3 is 6.09 Å². The van der Waals surface area contributed by atoms with Crippen molar-refractivity contribution in [3.05, 3.63) is 71.8 Å². The van der Waals surface area contributed by atoms with Gasteiger partial charge in [-0.2, -0.15) is 0 Å². The van der Waals surface area contributed by atoms with Gasteiger partial charge in [0, 0.05) is 19.0 Å². The number of carbonyl (C=O) groups excluding carboxylic acids is 3. The van der Waals surface area contributed by atoms with Crippen LogP contribution in [0.4, 0.5) is 4.79 Å². The van der Waals surface area contributed by atoms with E-state index >= 15 is 0 Å². The molecule has 0 radical (unpaired) electrons. The van der Waals surface area contributed by atoms with Crippen LogP contribution in [0.5, 0.6) is 0 Å². The van der Waals surface area contributed by atoms with Crippen molar-refractivity contribution < 1.29 is 29.3 Å². The molecular weight excluding hydrogens is 584 g/mol. The highest BCUT2D eigenvalue weighted by Crippen LogP contribution is 2.20. The maximum absolute atomic E-state index is 13.7. The normalized spacial score (nSPS) is 15.1. The van der Waals surface area contributed by atoms with Gasteiger partial charge in [-0.15, -0.1) is 0 Å². The summed E-state index contributed by atoms with van der Waals surface area (Å²) < 4.78 is 5.47. The van der Waals surface area contributed by atoms with Crippen LogP contribution < -0.4 is 16.0 Å². The Morgan fingerprint density at radius 3 is 1.89 bits per heavy atom. The summed E-state index contributed by atoms with van der Waals surface area (Å²) in [6.07, 6.45) is -1.88. The Morgan fingerprint density at radius 2 is 1.39 bits per heavy atom. The number of imide groups is 1. The van der Waals surface area contributed by atoms with Crippen LogP contribution in [-0.4, -0.2) is 89.1 Å². The number of rotatable bonds is 18. The highest BCUT2D eigenvalue weighted by Gasteiger charge is 2.32. The molecule has 0 heterocycles. The number of aliphatic hydroxyl groups excluding tert-OH is 2. The number of nitrogens with zero attached hydrogens (tertiary/aromatic N) is 1. The van der Waals surface area contributed by atoms with E-state index in [1.807, 2.05) is 88.4 Å². The highest BCUT2D eigenvalue weighted by molar-refractivity contribution is 5.98. The number of alkyl carbamates (subject to hydrolysis) is 1. The summed E-state index contributed by atoms with van der Waals surface area (Å²) >= 11 is 0. The van der Waals surface area contributed by atoms with Gasteiger partial charge in [0.2, 0.25) is 11.8 Å². The first-order chi connectivity index (χ1) is 21.7. The first kappa shape index (κ1) is 38.9. The van der Waals surface area contributed by atoms with Crippen LogP contribution in [0, 0.1) is 11.8 Å². The molecule has 10 heteroatoms. The monoisotopic (exact) mass is 640 g/mol. The molecule has 5 atom stereocenters. The molecule has 0 aliphatic heterocycles. The second-order valence-electron chi connectivity index (χ2n) is 13.3.